The average molecular weight is 197 g/mol. The number of carbonyl (C=O) groups is 2. The normalized spacial score (nSPS) is 15.8. The third kappa shape index (κ3) is 3.55. The van der Waals surface area contributed by atoms with E-state index in [1.54, 1.807) is 0 Å². The van der Waals surface area contributed by atoms with Crippen LogP contribution in [-0.2, 0) is 9.59 Å². The molecule has 5 nitrogen and oxygen atoms in total. The highest BCUT2D eigenvalue weighted by molar-refractivity contribution is 5.95. The molecule has 0 spiro atoms. The predicted molar refractivity (Wildman–Crippen MR) is 52.7 cm³/mol. The first-order valence-electron chi connectivity index (χ1n) is 4.83. The second kappa shape index (κ2) is 5.36. The van der Waals surface area contributed by atoms with Crippen molar-refractivity contribution in [2.45, 2.75) is 32.6 Å². The van der Waals surface area contributed by atoms with Gasteiger partial charge in [0.05, 0.1) is 12.3 Å². The lowest BCUT2D eigenvalue weighted by molar-refractivity contribution is -0.121. The Bertz CT molecular complexity index is 261. The highest BCUT2D eigenvalue weighted by atomic mass is 16.2. The van der Waals surface area contributed by atoms with Crippen LogP contribution in [0.25, 0.3) is 0 Å². The zero-order chi connectivity index (χ0) is 10.4. The van der Waals surface area contributed by atoms with Crippen molar-refractivity contribution in [3.05, 3.63) is 0 Å². The van der Waals surface area contributed by atoms with Gasteiger partial charge >= 0.3 is 0 Å². The number of rotatable bonds is 4. The summed E-state index contributed by atoms with van der Waals surface area (Å²) in [6.07, 6.45) is 2.48. The van der Waals surface area contributed by atoms with E-state index in [0.717, 1.165) is 12.1 Å². The van der Waals surface area contributed by atoms with Gasteiger partial charge in [0, 0.05) is 12.8 Å². The monoisotopic (exact) mass is 197 g/mol. The lowest BCUT2D eigenvalue weighted by atomic mass is 10.2. The minimum atomic E-state index is -0.0614. The molecule has 1 aliphatic rings. The Labute approximate surface area is 82.9 Å². The third-order valence-corrected chi connectivity index (χ3v) is 1.95. The molecule has 0 aromatic heterocycles. The van der Waals surface area contributed by atoms with Crippen molar-refractivity contribution in [1.82, 2.24) is 10.7 Å². The van der Waals surface area contributed by atoms with Gasteiger partial charge in [0.2, 0.25) is 11.8 Å². The van der Waals surface area contributed by atoms with Gasteiger partial charge in [-0.05, 0) is 12.8 Å². The van der Waals surface area contributed by atoms with E-state index in [0.29, 0.717) is 25.8 Å². The second-order valence-corrected chi connectivity index (χ2v) is 3.24. The van der Waals surface area contributed by atoms with Crippen molar-refractivity contribution in [3.8, 4) is 0 Å². The standard InChI is InChI=1S/C9H15N3O2/c1-2-3-8(13)10-6-7-4-5-9(14)12-11-7/h2-6H2,1H3,(H,10,13)(H,12,14). The van der Waals surface area contributed by atoms with Crippen molar-refractivity contribution in [3.63, 3.8) is 0 Å². The Balaban J connectivity index is 2.25. The van der Waals surface area contributed by atoms with Crippen molar-refractivity contribution in [1.29, 1.82) is 0 Å². The van der Waals surface area contributed by atoms with Gasteiger partial charge in [-0.15, -0.1) is 0 Å². The van der Waals surface area contributed by atoms with E-state index >= 15 is 0 Å². The maximum absolute atomic E-state index is 11.1. The summed E-state index contributed by atoms with van der Waals surface area (Å²) in [7, 11) is 0. The molecule has 78 valence electrons. The predicted octanol–water partition coefficient (Wildman–Crippen LogP) is 0.169. The van der Waals surface area contributed by atoms with Gasteiger partial charge in [-0.3, -0.25) is 9.59 Å². The fraction of sp³-hybridized carbons (Fsp3) is 0.667. The van der Waals surface area contributed by atoms with Crippen LogP contribution in [0.3, 0.4) is 0 Å². The first kappa shape index (κ1) is 10.7. The molecule has 14 heavy (non-hydrogen) atoms. The van der Waals surface area contributed by atoms with Crippen LogP contribution >= 0.6 is 0 Å². The van der Waals surface area contributed by atoms with Crippen LogP contribution in [-0.4, -0.2) is 24.1 Å². The van der Waals surface area contributed by atoms with Crippen LogP contribution in [0.15, 0.2) is 5.10 Å². The molecule has 0 fully saturated rings. The molecule has 0 aromatic carbocycles. The first-order valence-corrected chi connectivity index (χ1v) is 4.83. The summed E-state index contributed by atoms with van der Waals surface area (Å²) >= 11 is 0. The van der Waals surface area contributed by atoms with Gasteiger partial charge < -0.3 is 5.32 Å². The van der Waals surface area contributed by atoms with E-state index in [4.69, 9.17) is 0 Å². The van der Waals surface area contributed by atoms with Crippen LogP contribution < -0.4 is 10.7 Å². The molecule has 0 unspecified atom stereocenters. The molecule has 0 bridgehead atoms. The van der Waals surface area contributed by atoms with E-state index in [-0.39, 0.29) is 11.8 Å². The number of hydrazone groups is 1. The Morgan fingerprint density at radius 2 is 2.36 bits per heavy atom. The molecule has 5 heteroatoms. The van der Waals surface area contributed by atoms with E-state index in [2.05, 4.69) is 15.8 Å². The molecule has 0 saturated carbocycles. The van der Waals surface area contributed by atoms with Gasteiger partial charge in [0.25, 0.3) is 0 Å². The van der Waals surface area contributed by atoms with Crippen LogP contribution in [0, 0.1) is 0 Å². The highest BCUT2D eigenvalue weighted by Crippen LogP contribution is 1.98. The molecular weight excluding hydrogens is 182 g/mol. The van der Waals surface area contributed by atoms with Gasteiger partial charge in [-0.2, -0.15) is 5.10 Å². The summed E-state index contributed by atoms with van der Waals surface area (Å²) in [6, 6.07) is 0. The Morgan fingerprint density at radius 1 is 1.57 bits per heavy atom. The average Bonchev–Trinajstić information content (AvgIpc) is 2.17. The SMILES string of the molecule is CCCC(=O)NCC1=NNC(=O)CC1. The number of amides is 2. The van der Waals surface area contributed by atoms with Crippen molar-refractivity contribution in [2.24, 2.45) is 5.10 Å². The third-order valence-electron chi connectivity index (χ3n) is 1.95. The quantitative estimate of drug-likeness (QED) is 0.674. The summed E-state index contributed by atoms with van der Waals surface area (Å²) in [4.78, 5) is 21.8. The van der Waals surface area contributed by atoms with Crippen LogP contribution in [0.5, 0.6) is 0 Å². The molecule has 1 aliphatic heterocycles. The summed E-state index contributed by atoms with van der Waals surface area (Å²) in [5.41, 5.74) is 3.21. The lowest BCUT2D eigenvalue weighted by Gasteiger charge is -2.12. The van der Waals surface area contributed by atoms with Crippen molar-refractivity contribution in [2.75, 3.05) is 6.54 Å². The van der Waals surface area contributed by atoms with E-state index in [1.165, 1.54) is 0 Å². The minimum absolute atomic E-state index is 0.0344. The highest BCUT2D eigenvalue weighted by Gasteiger charge is 2.11. The molecule has 0 aliphatic carbocycles. The van der Waals surface area contributed by atoms with E-state index < -0.39 is 0 Å². The maximum Gasteiger partial charge on any atom is 0.240 e. The Hall–Kier alpha value is -1.39. The number of nitrogens with zero attached hydrogens (tertiary/aromatic N) is 1. The fourth-order valence-corrected chi connectivity index (χ4v) is 1.16. The van der Waals surface area contributed by atoms with Crippen LogP contribution in [0.2, 0.25) is 0 Å². The van der Waals surface area contributed by atoms with Crippen LogP contribution in [0.4, 0.5) is 0 Å². The topological polar surface area (TPSA) is 70.6 Å². The zero-order valence-electron chi connectivity index (χ0n) is 8.30. The number of carbonyl (C=O) groups excluding carboxylic acids is 2. The summed E-state index contributed by atoms with van der Waals surface area (Å²) in [6.45, 7) is 2.40. The van der Waals surface area contributed by atoms with Gasteiger partial charge in [-0.25, -0.2) is 5.43 Å². The Morgan fingerprint density at radius 3 is 2.93 bits per heavy atom. The van der Waals surface area contributed by atoms with Crippen molar-refractivity contribution < 1.29 is 9.59 Å². The number of hydrogen-bond donors (Lipinski definition) is 2. The first-order chi connectivity index (χ1) is 6.72. The lowest BCUT2D eigenvalue weighted by Crippen LogP contribution is -2.34. The fourth-order valence-electron chi connectivity index (χ4n) is 1.16. The molecule has 0 saturated heterocycles. The second-order valence-electron chi connectivity index (χ2n) is 3.24. The summed E-state index contributed by atoms with van der Waals surface area (Å²) in [5.74, 6) is -0.0271. The molecule has 2 N–H and O–H groups in total. The summed E-state index contributed by atoms with van der Waals surface area (Å²) in [5, 5.41) is 6.59. The Kier molecular flexibility index (Phi) is 4.10. The van der Waals surface area contributed by atoms with E-state index in [1.807, 2.05) is 6.92 Å². The van der Waals surface area contributed by atoms with Crippen LogP contribution in [0.1, 0.15) is 32.6 Å². The number of nitrogens with one attached hydrogen (secondary N) is 2. The van der Waals surface area contributed by atoms with Gasteiger partial charge in [-0.1, -0.05) is 6.92 Å². The maximum atomic E-state index is 11.1. The minimum Gasteiger partial charge on any atom is -0.351 e. The van der Waals surface area contributed by atoms with Gasteiger partial charge in [0.15, 0.2) is 0 Å². The molecule has 1 rings (SSSR count). The van der Waals surface area contributed by atoms with Crippen molar-refractivity contribution >= 4 is 17.5 Å². The molecule has 0 aromatic rings. The molecule has 2 amide bonds. The number of hydrogen-bond acceptors (Lipinski definition) is 3. The molecule has 1 heterocycles. The molecule has 0 radical (unpaired) electrons. The van der Waals surface area contributed by atoms with E-state index in [9.17, 15) is 9.59 Å². The smallest absolute Gasteiger partial charge is 0.240 e. The largest absolute Gasteiger partial charge is 0.351 e. The zero-order valence-corrected chi connectivity index (χ0v) is 8.30. The van der Waals surface area contributed by atoms with Gasteiger partial charge in [0.1, 0.15) is 0 Å². The molecule has 0 atom stereocenters. The molecular formula is C9H15N3O2. The summed E-state index contributed by atoms with van der Waals surface area (Å²) < 4.78 is 0.